The quantitative estimate of drug-likeness (QED) is 0.923. The number of fused-ring (bicyclic) bond motifs is 1. The van der Waals surface area contributed by atoms with Gasteiger partial charge in [0.2, 0.25) is 0 Å². The van der Waals surface area contributed by atoms with Crippen LogP contribution in [-0.2, 0) is 7.05 Å². The van der Waals surface area contributed by atoms with Crippen molar-refractivity contribution < 1.29 is 4.79 Å². The lowest BCUT2D eigenvalue weighted by Gasteiger charge is -2.38. The Hall–Kier alpha value is -1.88. The Bertz CT molecular complexity index is 700. The Morgan fingerprint density at radius 2 is 2.04 bits per heavy atom. The fourth-order valence-electron chi connectivity index (χ4n) is 3.77. The van der Waals surface area contributed by atoms with Gasteiger partial charge in [-0.1, -0.05) is 38.0 Å². The molecule has 1 fully saturated rings. The molecule has 0 unspecified atom stereocenters. The van der Waals surface area contributed by atoms with Crippen LogP contribution in [0.4, 0.5) is 0 Å². The van der Waals surface area contributed by atoms with Crippen LogP contribution in [0.1, 0.15) is 43.1 Å². The van der Waals surface area contributed by atoms with Crippen molar-refractivity contribution in [3.63, 3.8) is 0 Å². The monoisotopic (exact) mass is 314 g/mol. The number of para-hydroxylation sites is 1. The molecule has 23 heavy (non-hydrogen) atoms. The van der Waals surface area contributed by atoms with Crippen molar-refractivity contribution in [3.8, 4) is 0 Å². The van der Waals surface area contributed by atoms with Crippen LogP contribution in [0.25, 0.3) is 10.9 Å². The van der Waals surface area contributed by atoms with Crippen LogP contribution in [0, 0.1) is 0 Å². The largest absolute Gasteiger partial charge is 0.349 e. The number of aromatic nitrogens is 2. The van der Waals surface area contributed by atoms with E-state index in [4.69, 9.17) is 0 Å². The third-order valence-corrected chi connectivity index (χ3v) is 5.37. The summed E-state index contributed by atoms with van der Waals surface area (Å²) in [6.45, 7) is 3.87. The predicted molar refractivity (Wildman–Crippen MR) is 92.6 cm³/mol. The van der Waals surface area contributed by atoms with Crippen LogP contribution < -0.4 is 5.32 Å². The topological polar surface area (TPSA) is 50.2 Å². The average Bonchev–Trinajstić information content (AvgIpc) is 3.18. The highest BCUT2D eigenvalue weighted by Gasteiger charge is 2.37. The van der Waals surface area contributed by atoms with Gasteiger partial charge in [-0.25, -0.2) is 0 Å². The zero-order valence-electron chi connectivity index (χ0n) is 14.3. The van der Waals surface area contributed by atoms with E-state index in [1.54, 1.807) is 4.68 Å². The maximum absolute atomic E-state index is 12.7. The van der Waals surface area contributed by atoms with Crippen molar-refractivity contribution in [1.29, 1.82) is 0 Å². The van der Waals surface area contributed by atoms with Crippen molar-refractivity contribution in [1.82, 2.24) is 20.0 Å². The van der Waals surface area contributed by atoms with Crippen LogP contribution >= 0.6 is 0 Å². The molecule has 1 aliphatic carbocycles. The number of rotatable bonds is 5. The summed E-state index contributed by atoms with van der Waals surface area (Å²) < 4.78 is 1.77. The summed E-state index contributed by atoms with van der Waals surface area (Å²) in [6, 6.07) is 7.86. The van der Waals surface area contributed by atoms with Crippen LogP contribution in [0.2, 0.25) is 0 Å². The standard InChI is InChI=1S/C18H26N4O/c1-4-21(2)18(11-7-8-12-18)13-19-17(23)16-14-9-5-6-10-15(14)22(3)20-16/h5-6,9-10H,4,7-8,11-13H2,1-3H3,(H,19,23). The molecule has 0 radical (unpaired) electrons. The van der Waals surface area contributed by atoms with E-state index >= 15 is 0 Å². The Balaban J connectivity index is 1.78. The van der Waals surface area contributed by atoms with Gasteiger partial charge in [0.1, 0.15) is 0 Å². The Morgan fingerprint density at radius 1 is 1.35 bits per heavy atom. The minimum absolute atomic E-state index is 0.0717. The third kappa shape index (κ3) is 2.85. The van der Waals surface area contributed by atoms with E-state index in [2.05, 4.69) is 29.3 Å². The van der Waals surface area contributed by atoms with E-state index in [1.807, 2.05) is 31.3 Å². The molecular formula is C18H26N4O. The number of likely N-dealkylation sites (N-methyl/N-ethyl adjacent to an activating group) is 1. The lowest BCUT2D eigenvalue weighted by molar-refractivity contribution is 0.0871. The molecule has 0 aliphatic heterocycles. The van der Waals surface area contributed by atoms with Gasteiger partial charge in [-0.15, -0.1) is 0 Å². The highest BCUT2D eigenvalue weighted by Crippen LogP contribution is 2.34. The van der Waals surface area contributed by atoms with Crippen molar-refractivity contribution in [3.05, 3.63) is 30.0 Å². The first kappa shape index (κ1) is 16.0. The molecule has 1 heterocycles. The second-order valence-corrected chi connectivity index (χ2v) is 6.62. The predicted octanol–water partition coefficient (Wildman–Crippen LogP) is 2.57. The summed E-state index contributed by atoms with van der Waals surface area (Å²) in [5, 5.41) is 8.47. The maximum Gasteiger partial charge on any atom is 0.272 e. The molecule has 1 aliphatic rings. The van der Waals surface area contributed by atoms with Crippen molar-refractivity contribution >= 4 is 16.8 Å². The van der Waals surface area contributed by atoms with Crippen molar-refractivity contribution in [2.75, 3.05) is 20.1 Å². The number of amides is 1. The minimum atomic E-state index is -0.0717. The van der Waals surface area contributed by atoms with Crippen LogP contribution in [0.15, 0.2) is 24.3 Å². The molecule has 0 saturated heterocycles. The van der Waals surface area contributed by atoms with Gasteiger partial charge in [-0.05, 0) is 32.5 Å². The molecule has 0 bridgehead atoms. The van der Waals surface area contributed by atoms with Gasteiger partial charge in [-0.2, -0.15) is 5.10 Å². The number of hydrogen-bond donors (Lipinski definition) is 1. The molecule has 3 rings (SSSR count). The molecular weight excluding hydrogens is 288 g/mol. The zero-order valence-corrected chi connectivity index (χ0v) is 14.3. The number of carbonyl (C=O) groups is 1. The Kier molecular flexibility index (Phi) is 4.39. The van der Waals surface area contributed by atoms with E-state index in [0.717, 1.165) is 30.3 Å². The van der Waals surface area contributed by atoms with E-state index < -0.39 is 0 Å². The lowest BCUT2D eigenvalue weighted by Crippen LogP contribution is -2.52. The van der Waals surface area contributed by atoms with Gasteiger partial charge in [-0.3, -0.25) is 14.4 Å². The molecule has 1 amide bonds. The second-order valence-electron chi connectivity index (χ2n) is 6.62. The summed E-state index contributed by atoms with van der Waals surface area (Å²) in [6.07, 6.45) is 4.79. The smallest absolute Gasteiger partial charge is 0.272 e. The Labute approximate surface area is 137 Å². The van der Waals surface area contributed by atoms with E-state index in [-0.39, 0.29) is 11.4 Å². The molecule has 0 spiro atoms. The number of hydrogen-bond acceptors (Lipinski definition) is 3. The van der Waals surface area contributed by atoms with Gasteiger partial charge < -0.3 is 5.32 Å². The molecule has 1 aromatic carbocycles. The van der Waals surface area contributed by atoms with Crippen molar-refractivity contribution in [2.24, 2.45) is 7.05 Å². The number of carbonyl (C=O) groups excluding carboxylic acids is 1. The molecule has 0 atom stereocenters. The fourth-order valence-corrected chi connectivity index (χ4v) is 3.77. The molecule has 2 aromatic rings. The first-order valence-corrected chi connectivity index (χ1v) is 8.48. The Morgan fingerprint density at radius 3 is 2.74 bits per heavy atom. The lowest BCUT2D eigenvalue weighted by atomic mass is 9.95. The fraction of sp³-hybridized carbons (Fsp3) is 0.556. The molecule has 5 nitrogen and oxygen atoms in total. The highest BCUT2D eigenvalue weighted by atomic mass is 16.2. The van der Waals surface area contributed by atoms with E-state index in [1.165, 1.54) is 12.8 Å². The first-order chi connectivity index (χ1) is 11.1. The van der Waals surface area contributed by atoms with Crippen molar-refractivity contribution in [2.45, 2.75) is 38.1 Å². The van der Waals surface area contributed by atoms with Gasteiger partial charge in [0, 0.05) is 24.5 Å². The number of aryl methyl sites for hydroxylation is 1. The summed E-state index contributed by atoms with van der Waals surface area (Å²) >= 11 is 0. The SMILES string of the molecule is CCN(C)C1(CNC(=O)c2nn(C)c3ccccc23)CCCC1. The minimum Gasteiger partial charge on any atom is -0.349 e. The van der Waals surface area contributed by atoms with Crippen LogP contribution in [0.5, 0.6) is 0 Å². The van der Waals surface area contributed by atoms with Gasteiger partial charge in [0.15, 0.2) is 5.69 Å². The normalized spacial score (nSPS) is 17.0. The van der Waals surface area contributed by atoms with Gasteiger partial charge >= 0.3 is 0 Å². The third-order valence-electron chi connectivity index (χ3n) is 5.37. The van der Waals surface area contributed by atoms with E-state index in [9.17, 15) is 4.79 Å². The van der Waals surface area contributed by atoms with Crippen LogP contribution in [0.3, 0.4) is 0 Å². The maximum atomic E-state index is 12.7. The van der Waals surface area contributed by atoms with Gasteiger partial charge in [0.05, 0.1) is 5.52 Å². The summed E-state index contributed by atoms with van der Waals surface area (Å²) in [5.74, 6) is -0.0717. The molecule has 124 valence electrons. The summed E-state index contributed by atoms with van der Waals surface area (Å²) in [5.41, 5.74) is 1.61. The summed E-state index contributed by atoms with van der Waals surface area (Å²) in [4.78, 5) is 15.1. The second kappa shape index (κ2) is 6.32. The number of nitrogens with zero attached hydrogens (tertiary/aromatic N) is 3. The highest BCUT2D eigenvalue weighted by molar-refractivity contribution is 6.04. The average molecular weight is 314 g/mol. The molecule has 1 N–H and O–H groups in total. The molecule has 1 aromatic heterocycles. The molecule has 1 saturated carbocycles. The molecule has 5 heteroatoms. The zero-order chi connectivity index (χ0) is 16.4. The first-order valence-electron chi connectivity index (χ1n) is 8.48. The summed E-state index contributed by atoms with van der Waals surface area (Å²) in [7, 11) is 4.04. The number of nitrogens with one attached hydrogen (secondary N) is 1. The number of benzene rings is 1. The van der Waals surface area contributed by atoms with Gasteiger partial charge in [0.25, 0.3) is 5.91 Å². The van der Waals surface area contributed by atoms with Crippen LogP contribution in [-0.4, -0.2) is 46.3 Å². The van der Waals surface area contributed by atoms with E-state index in [0.29, 0.717) is 12.2 Å².